The lowest BCUT2D eigenvalue weighted by Gasteiger charge is -2.17. The highest BCUT2D eigenvalue weighted by Gasteiger charge is 2.24. The highest BCUT2D eigenvalue weighted by Crippen LogP contribution is 2.25. The van der Waals surface area contributed by atoms with E-state index in [0.29, 0.717) is 12.4 Å². The van der Waals surface area contributed by atoms with Gasteiger partial charge in [0.05, 0.1) is 29.9 Å². The predicted octanol–water partition coefficient (Wildman–Crippen LogP) is 1.60. The van der Waals surface area contributed by atoms with Crippen molar-refractivity contribution in [2.75, 3.05) is 13.7 Å². The SMILES string of the molecule is CCOc1ccc(S(=O)(=O)N(C)Cc2ccco2)cc1C(N)=O. The molecule has 0 radical (unpaired) electrons. The van der Waals surface area contributed by atoms with Crippen molar-refractivity contribution in [2.45, 2.75) is 18.4 Å². The predicted molar refractivity (Wildman–Crippen MR) is 83.5 cm³/mol. The fraction of sp³-hybridized carbons (Fsp3) is 0.267. The van der Waals surface area contributed by atoms with E-state index in [1.807, 2.05) is 0 Å². The number of nitrogens with two attached hydrogens (primary N) is 1. The molecule has 0 aliphatic carbocycles. The quantitative estimate of drug-likeness (QED) is 0.826. The van der Waals surface area contributed by atoms with Crippen LogP contribution in [-0.2, 0) is 16.6 Å². The fourth-order valence-electron chi connectivity index (χ4n) is 2.03. The van der Waals surface area contributed by atoms with E-state index in [1.54, 1.807) is 19.1 Å². The molecule has 23 heavy (non-hydrogen) atoms. The third-order valence-corrected chi connectivity index (χ3v) is 4.98. The van der Waals surface area contributed by atoms with Gasteiger partial charge in [-0.2, -0.15) is 4.31 Å². The number of hydrogen-bond donors (Lipinski definition) is 1. The molecule has 1 aromatic carbocycles. The van der Waals surface area contributed by atoms with Crippen LogP contribution in [-0.4, -0.2) is 32.3 Å². The number of benzene rings is 1. The molecule has 0 aliphatic rings. The number of sulfonamides is 1. The lowest BCUT2D eigenvalue weighted by Crippen LogP contribution is -2.26. The number of carbonyl (C=O) groups is 1. The Morgan fingerprint density at radius 3 is 2.65 bits per heavy atom. The van der Waals surface area contributed by atoms with Crippen LogP contribution in [0.25, 0.3) is 0 Å². The minimum Gasteiger partial charge on any atom is -0.493 e. The molecule has 0 spiro atoms. The Morgan fingerprint density at radius 2 is 2.09 bits per heavy atom. The van der Waals surface area contributed by atoms with Gasteiger partial charge in [-0.3, -0.25) is 4.79 Å². The molecular formula is C15H18N2O5S. The maximum atomic E-state index is 12.6. The lowest BCUT2D eigenvalue weighted by atomic mass is 10.2. The molecule has 1 aromatic heterocycles. The Bertz CT molecular complexity index is 784. The van der Waals surface area contributed by atoms with Gasteiger partial charge < -0.3 is 14.9 Å². The van der Waals surface area contributed by atoms with Crippen molar-refractivity contribution >= 4 is 15.9 Å². The number of nitrogens with zero attached hydrogens (tertiary/aromatic N) is 1. The van der Waals surface area contributed by atoms with Gasteiger partial charge in [-0.15, -0.1) is 0 Å². The van der Waals surface area contributed by atoms with Crippen molar-refractivity contribution in [1.82, 2.24) is 4.31 Å². The van der Waals surface area contributed by atoms with Gasteiger partial charge in [-0.1, -0.05) is 0 Å². The summed E-state index contributed by atoms with van der Waals surface area (Å²) in [5, 5.41) is 0. The Labute approximate surface area is 134 Å². The summed E-state index contributed by atoms with van der Waals surface area (Å²) in [4.78, 5) is 11.5. The minimum absolute atomic E-state index is 0.0272. The molecule has 1 heterocycles. The van der Waals surface area contributed by atoms with Gasteiger partial charge in [-0.25, -0.2) is 8.42 Å². The molecule has 0 saturated heterocycles. The van der Waals surface area contributed by atoms with Crippen LogP contribution >= 0.6 is 0 Å². The molecule has 2 N–H and O–H groups in total. The molecule has 124 valence electrons. The summed E-state index contributed by atoms with van der Waals surface area (Å²) in [7, 11) is -2.36. The molecule has 0 atom stereocenters. The number of ether oxygens (including phenoxy) is 1. The number of carbonyl (C=O) groups excluding carboxylic acids is 1. The highest BCUT2D eigenvalue weighted by molar-refractivity contribution is 7.89. The molecule has 8 heteroatoms. The van der Waals surface area contributed by atoms with Crippen molar-refractivity contribution < 1.29 is 22.4 Å². The number of furan rings is 1. The van der Waals surface area contributed by atoms with Gasteiger partial charge in [0.15, 0.2) is 0 Å². The summed E-state index contributed by atoms with van der Waals surface area (Å²) in [6.45, 7) is 2.17. The zero-order valence-corrected chi connectivity index (χ0v) is 13.7. The van der Waals surface area contributed by atoms with Crippen LogP contribution in [0, 0.1) is 0 Å². The average Bonchev–Trinajstić information content (AvgIpc) is 3.00. The van der Waals surface area contributed by atoms with E-state index in [-0.39, 0.29) is 22.8 Å². The van der Waals surface area contributed by atoms with Crippen LogP contribution in [0.2, 0.25) is 0 Å². The van der Waals surface area contributed by atoms with Gasteiger partial charge in [-0.05, 0) is 37.3 Å². The molecule has 0 unspecified atom stereocenters. The van der Waals surface area contributed by atoms with Crippen LogP contribution in [0.1, 0.15) is 23.0 Å². The van der Waals surface area contributed by atoms with Gasteiger partial charge in [0.1, 0.15) is 11.5 Å². The normalized spacial score (nSPS) is 11.6. The first-order valence-electron chi connectivity index (χ1n) is 6.91. The molecule has 7 nitrogen and oxygen atoms in total. The Kier molecular flexibility index (Phi) is 5.07. The number of hydrogen-bond acceptors (Lipinski definition) is 5. The van der Waals surface area contributed by atoms with Gasteiger partial charge in [0.2, 0.25) is 10.0 Å². The van der Waals surface area contributed by atoms with Crippen molar-refractivity contribution in [3.05, 3.63) is 47.9 Å². The summed E-state index contributed by atoms with van der Waals surface area (Å²) >= 11 is 0. The van der Waals surface area contributed by atoms with E-state index in [2.05, 4.69) is 0 Å². The first kappa shape index (κ1) is 17.0. The highest BCUT2D eigenvalue weighted by atomic mass is 32.2. The van der Waals surface area contributed by atoms with Crippen molar-refractivity contribution in [2.24, 2.45) is 5.73 Å². The fourth-order valence-corrected chi connectivity index (χ4v) is 3.19. The van der Waals surface area contributed by atoms with Crippen LogP contribution < -0.4 is 10.5 Å². The second kappa shape index (κ2) is 6.84. The smallest absolute Gasteiger partial charge is 0.252 e. The molecule has 2 rings (SSSR count). The molecular weight excluding hydrogens is 320 g/mol. The van der Waals surface area contributed by atoms with Crippen molar-refractivity contribution in [3.63, 3.8) is 0 Å². The van der Waals surface area contributed by atoms with E-state index in [4.69, 9.17) is 14.9 Å². The third-order valence-electron chi connectivity index (χ3n) is 3.18. The van der Waals surface area contributed by atoms with Crippen LogP contribution in [0.3, 0.4) is 0 Å². The van der Waals surface area contributed by atoms with Crippen LogP contribution in [0.15, 0.2) is 45.9 Å². The van der Waals surface area contributed by atoms with E-state index in [9.17, 15) is 13.2 Å². The Hall–Kier alpha value is -2.32. The second-order valence-electron chi connectivity index (χ2n) is 4.80. The number of amides is 1. The summed E-state index contributed by atoms with van der Waals surface area (Å²) in [5.41, 5.74) is 5.33. The largest absolute Gasteiger partial charge is 0.493 e. The zero-order chi connectivity index (χ0) is 17.0. The minimum atomic E-state index is -3.79. The summed E-state index contributed by atoms with van der Waals surface area (Å²) < 4.78 is 36.8. The summed E-state index contributed by atoms with van der Waals surface area (Å²) in [6, 6.07) is 7.39. The number of rotatable bonds is 7. The van der Waals surface area contributed by atoms with Gasteiger partial charge >= 0.3 is 0 Å². The molecule has 0 saturated carbocycles. The van der Waals surface area contributed by atoms with Gasteiger partial charge in [0.25, 0.3) is 5.91 Å². The first-order valence-corrected chi connectivity index (χ1v) is 8.35. The Morgan fingerprint density at radius 1 is 1.35 bits per heavy atom. The summed E-state index contributed by atoms with van der Waals surface area (Å²) in [6.07, 6.45) is 1.47. The third kappa shape index (κ3) is 3.72. The molecule has 0 aliphatic heterocycles. The first-order chi connectivity index (χ1) is 10.9. The van der Waals surface area contributed by atoms with E-state index < -0.39 is 15.9 Å². The number of primary amides is 1. The average molecular weight is 338 g/mol. The lowest BCUT2D eigenvalue weighted by molar-refractivity contribution is 0.0996. The Balaban J connectivity index is 2.35. The van der Waals surface area contributed by atoms with Crippen LogP contribution in [0.4, 0.5) is 0 Å². The monoisotopic (exact) mass is 338 g/mol. The maximum absolute atomic E-state index is 12.6. The van der Waals surface area contributed by atoms with E-state index >= 15 is 0 Å². The maximum Gasteiger partial charge on any atom is 0.252 e. The zero-order valence-electron chi connectivity index (χ0n) is 12.9. The van der Waals surface area contributed by atoms with Crippen molar-refractivity contribution in [3.8, 4) is 5.75 Å². The second-order valence-corrected chi connectivity index (χ2v) is 6.84. The molecule has 1 amide bonds. The van der Waals surface area contributed by atoms with Gasteiger partial charge in [0, 0.05) is 7.05 Å². The van der Waals surface area contributed by atoms with E-state index in [1.165, 1.54) is 31.5 Å². The van der Waals surface area contributed by atoms with Crippen molar-refractivity contribution in [1.29, 1.82) is 0 Å². The molecule has 0 fully saturated rings. The van der Waals surface area contributed by atoms with Crippen LogP contribution in [0.5, 0.6) is 5.75 Å². The molecule has 0 bridgehead atoms. The molecule has 2 aromatic rings. The summed E-state index contributed by atoms with van der Waals surface area (Å²) in [5.74, 6) is 0.0176. The standard InChI is InChI=1S/C15H18N2O5S/c1-3-21-14-7-6-12(9-13(14)15(16)18)23(19,20)17(2)10-11-5-4-8-22-11/h4-9H,3,10H2,1-2H3,(H2,16,18). The van der Waals surface area contributed by atoms with E-state index in [0.717, 1.165) is 4.31 Å². The topological polar surface area (TPSA) is 103 Å².